The lowest BCUT2D eigenvalue weighted by molar-refractivity contribution is 0.481. The van der Waals surface area contributed by atoms with Crippen molar-refractivity contribution in [3.8, 4) is 0 Å². The van der Waals surface area contributed by atoms with E-state index in [1.807, 2.05) is 6.08 Å². The van der Waals surface area contributed by atoms with E-state index in [2.05, 4.69) is 93.2 Å². The molecule has 1 aromatic carbocycles. The quantitative estimate of drug-likeness (QED) is 0.271. The standard InChI is InChI=1S/C32H50/c1-11-14-19-25(8)32(24(6)7)29(17-13-3)31-22-26(9)30(21-27(31)10)28(16-12-2)20-15-18-23(4)5/h13,17,19,21-23,28H,3,11-12,14-16,18,20H2,1-2,4-10H3. The number of hydrogen-bond acceptors (Lipinski definition) is 0. The highest BCUT2D eigenvalue weighted by atomic mass is 14.2. The molecule has 178 valence electrons. The molecule has 0 amide bonds. The average Bonchev–Trinajstić information content (AvgIpc) is 2.72. The Labute approximate surface area is 200 Å². The second-order valence-electron chi connectivity index (χ2n) is 10.2. The molecule has 0 heteroatoms. The molecular weight excluding hydrogens is 384 g/mol. The number of allylic oxidation sites excluding steroid dienone is 7. The molecular formula is C32H50. The van der Waals surface area contributed by atoms with Gasteiger partial charge in [0.05, 0.1) is 0 Å². The molecule has 0 spiro atoms. The van der Waals surface area contributed by atoms with Crippen LogP contribution >= 0.6 is 0 Å². The fraction of sp³-hybridized carbons (Fsp3) is 0.562. The van der Waals surface area contributed by atoms with Gasteiger partial charge in [0.25, 0.3) is 0 Å². The van der Waals surface area contributed by atoms with Gasteiger partial charge < -0.3 is 0 Å². The molecule has 0 bridgehead atoms. The van der Waals surface area contributed by atoms with Crippen LogP contribution in [0.15, 0.2) is 53.7 Å². The number of rotatable bonds is 13. The van der Waals surface area contributed by atoms with Gasteiger partial charge in [0, 0.05) is 0 Å². The molecule has 0 aliphatic heterocycles. The fourth-order valence-electron chi connectivity index (χ4n) is 4.91. The summed E-state index contributed by atoms with van der Waals surface area (Å²) in [6.07, 6.45) is 15.3. The monoisotopic (exact) mass is 434 g/mol. The number of aryl methyl sites for hydroxylation is 2. The van der Waals surface area contributed by atoms with Gasteiger partial charge in [-0.3, -0.25) is 0 Å². The summed E-state index contributed by atoms with van der Waals surface area (Å²) in [7, 11) is 0. The second-order valence-corrected chi connectivity index (χ2v) is 10.2. The van der Waals surface area contributed by atoms with Crippen LogP contribution in [-0.4, -0.2) is 0 Å². The first-order valence-corrected chi connectivity index (χ1v) is 13.0. The highest BCUT2D eigenvalue weighted by molar-refractivity contribution is 5.86. The normalized spacial score (nSPS) is 13.4. The van der Waals surface area contributed by atoms with E-state index in [9.17, 15) is 0 Å². The van der Waals surface area contributed by atoms with Crippen LogP contribution in [-0.2, 0) is 0 Å². The largest absolute Gasteiger partial charge is 0.0990 e. The summed E-state index contributed by atoms with van der Waals surface area (Å²) in [5.41, 5.74) is 11.1. The Morgan fingerprint density at radius 2 is 1.62 bits per heavy atom. The Morgan fingerprint density at radius 3 is 2.16 bits per heavy atom. The molecule has 1 aromatic rings. The van der Waals surface area contributed by atoms with Crippen LogP contribution in [0, 0.1) is 19.8 Å². The summed E-state index contributed by atoms with van der Waals surface area (Å²) < 4.78 is 0. The lowest BCUT2D eigenvalue weighted by atomic mass is 9.81. The third-order valence-electron chi connectivity index (χ3n) is 6.50. The van der Waals surface area contributed by atoms with Crippen molar-refractivity contribution in [3.05, 3.63) is 75.9 Å². The molecule has 0 radical (unpaired) electrons. The Balaban J connectivity index is 3.48. The van der Waals surface area contributed by atoms with Crippen molar-refractivity contribution < 1.29 is 0 Å². The molecule has 1 atom stereocenters. The first-order valence-electron chi connectivity index (χ1n) is 13.0. The summed E-state index contributed by atoms with van der Waals surface area (Å²) in [4.78, 5) is 0. The molecule has 0 aliphatic carbocycles. The van der Waals surface area contributed by atoms with E-state index in [4.69, 9.17) is 0 Å². The van der Waals surface area contributed by atoms with Crippen LogP contribution in [0.5, 0.6) is 0 Å². The van der Waals surface area contributed by atoms with Crippen LogP contribution in [0.1, 0.15) is 122 Å². The molecule has 1 unspecified atom stereocenters. The minimum absolute atomic E-state index is 0.674. The molecule has 0 aromatic heterocycles. The SMILES string of the molecule is C=CC=C(C(C(C)=CCCC)=C(C)C)c1cc(C)c(C(CCC)CCCC(C)C)cc1C. The maximum atomic E-state index is 4.04. The van der Waals surface area contributed by atoms with Crippen molar-refractivity contribution in [1.82, 2.24) is 0 Å². The van der Waals surface area contributed by atoms with Gasteiger partial charge >= 0.3 is 0 Å². The maximum Gasteiger partial charge on any atom is -0.0107 e. The van der Waals surface area contributed by atoms with E-state index in [-0.39, 0.29) is 0 Å². The van der Waals surface area contributed by atoms with E-state index in [0.29, 0.717) is 5.92 Å². The molecule has 32 heavy (non-hydrogen) atoms. The molecule has 0 saturated carbocycles. The summed E-state index contributed by atoms with van der Waals surface area (Å²) in [5, 5.41) is 0. The minimum atomic E-state index is 0.674. The Hall–Kier alpha value is -1.82. The molecule has 0 nitrogen and oxygen atoms in total. The van der Waals surface area contributed by atoms with Gasteiger partial charge in [-0.25, -0.2) is 0 Å². The van der Waals surface area contributed by atoms with Crippen LogP contribution in [0.2, 0.25) is 0 Å². The van der Waals surface area contributed by atoms with Crippen molar-refractivity contribution >= 4 is 5.57 Å². The van der Waals surface area contributed by atoms with Gasteiger partial charge in [0.15, 0.2) is 0 Å². The predicted molar refractivity (Wildman–Crippen MR) is 147 cm³/mol. The lowest BCUT2D eigenvalue weighted by Gasteiger charge is -2.24. The molecule has 0 fully saturated rings. The topological polar surface area (TPSA) is 0 Å². The third-order valence-corrected chi connectivity index (χ3v) is 6.50. The van der Waals surface area contributed by atoms with E-state index < -0.39 is 0 Å². The van der Waals surface area contributed by atoms with Gasteiger partial charge in [-0.1, -0.05) is 95.9 Å². The lowest BCUT2D eigenvalue weighted by Crippen LogP contribution is -2.05. The highest BCUT2D eigenvalue weighted by Gasteiger charge is 2.19. The van der Waals surface area contributed by atoms with Crippen molar-refractivity contribution in [1.29, 1.82) is 0 Å². The first kappa shape index (κ1) is 28.2. The van der Waals surface area contributed by atoms with Crippen LogP contribution in [0.3, 0.4) is 0 Å². The van der Waals surface area contributed by atoms with Gasteiger partial charge in [0.2, 0.25) is 0 Å². The van der Waals surface area contributed by atoms with Crippen LogP contribution in [0.4, 0.5) is 0 Å². The minimum Gasteiger partial charge on any atom is -0.0990 e. The first-order chi connectivity index (χ1) is 15.2. The Bertz CT molecular complexity index is 822. The zero-order valence-electron chi connectivity index (χ0n) is 22.7. The van der Waals surface area contributed by atoms with E-state index >= 15 is 0 Å². The fourth-order valence-corrected chi connectivity index (χ4v) is 4.91. The smallest absolute Gasteiger partial charge is 0.0107 e. The Morgan fingerprint density at radius 1 is 0.938 bits per heavy atom. The summed E-state index contributed by atoms with van der Waals surface area (Å²) in [5.74, 6) is 1.47. The van der Waals surface area contributed by atoms with Crippen LogP contribution in [0.25, 0.3) is 5.57 Å². The summed E-state index contributed by atoms with van der Waals surface area (Å²) >= 11 is 0. The van der Waals surface area contributed by atoms with Crippen molar-refractivity contribution in [2.75, 3.05) is 0 Å². The molecule has 0 N–H and O–H groups in total. The van der Waals surface area contributed by atoms with E-state index in [1.54, 1.807) is 5.56 Å². The van der Waals surface area contributed by atoms with Crippen LogP contribution < -0.4 is 0 Å². The maximum absolute atomic E-state index is 4.04. The number of benzene rings is 1. The Kier molecular flexibility index (Phi) is 12.7. The van der Waals surface area contributed by atoms with E-state index in [1.165, 1.54) is 77.5 Å². The van der Waals surface area contributed by atoms with Crippen molar-refractivity contribution in [2.45, 2.75) is 113 Å². The third kappa shape index (κ3) is 8.27. The zero-order valence-corrected chi connectivity index (χ0v) is 22.7. The highest BCUT2D eigenvalue weighted by Crippen LogP contribution is 2.37. The van der Waals surface area contributed by atoms with Crippen molar-refractivity contribution in [3.63, 3.8) is 0 Å². The van der Waals surface area contributed by atoms with Gasteiger partial charge in [0.1, 0.15) is 0 Å². The number of hydrogen-bond donors (Lipinski definition) is 0. The zero-order chi connectivity index (χ0) is 24.3. The summed E-state index contributed by atoms with van der Waals surface area (Å²) in [6, 6.07) is 4.94. The van der Waals surface area contributed by atoms with Gasteiger partial charge in [-0.15, -0.1) is 0 Å². The van der Waals surface area contributed by atoms with Gasteiger partial charge in [-0.05, 0) is 105 Å². The second kappa shape index (κ2) is 14.4. The number of unbranched alkanes of at least 4 members (excludes halogenated alkanes) is 1. The average molecular weight is 435 g/mol. The molecule has 0 aliphatic rings. The predicted octanol–water partition coefficient (Wildman–Crippen LogP) is 10.7. The molecule has 0 heterocycles. The molecule has 0 saturated heterocycles. The molecule has 1 rings (SSSR count). The summed E-state index contributed by atoms with van der Waals surface area (Å²) in [6.45, 7) is 24.6. The van der Waals surface area contributed by atoms with Gasteiger partial charge in [-0.2, -0.15) is 0 Å². The van der Waals surface area contributed by atoms with E-state index in [0.717, 1.165) is 12.3 Å². The van der Waals surface area contributed by atoms with Crippen molar-refractivity contribution in [2.24, 2.45) is 5.92 Å².